The van der Waals surface area contributed by atoms with E-state index in [1.54, 1.807) is 7.11 Å². The van der Waals surface area contributed by atoms with Crippen LogP contribution in [0.2, 0.25) is 0 Å². The van der Waals surface area contributed by atoms with E-state index in [-0.39, 0.29) is 6.03 Å². The third-order valence-corrected chi connectivity index (χ3v) is 2.38. The molecule has 0 spiro atoms. The Balaban J connectivity index is 2.12. The molecule has 0 bridgehead atoms. The van der Waals surface area contributed by atoms with Crippen molar-refractivity contribution in [3.8, 4) is 11.5 Å². The van der Waals surface area contributed by atoms with E-state index in [0.717, 1.165) is 11.5 Å². The van der Waals surface area contributed by atoms with E-state index in [2.05, 4.69) is 10.6 Å². The van der Waals surface area contributed by atoms with Gasteiger partial charge in [-0.2, -0.15) is 0 Å². The molecule has 0 fully saturated rings. The molecule has 0 aromatic heterocycles. The first-order valence-electron chi connectivity index (χ1n) is 6.62. The van der Waals surface area contributed by atoms with Gasteiger partial charge >= 0.3 is 6.03 Å². The van der Waals surface area contributed by atoms with Gasteiger partial charge in [0.1, 0.15) is 18.1 Å². The van der Waals surface area contributed by atoms with Gasteiger partial charge in [-0.15, -0.1) is 0 Å². The van der Waals surface area contributed by atoms with Crippen LogP contribution in [0.25, 0.3) is 0 Å². The van der Waals surface area contributed by atoms with E-state index in [0.29, 0.717) is 32.9 Å². The predicted octanol–water partition coefficient (Wildman–Crippen LogP) is 1.41. The van der Waals surface area contributed by atoms with Gasteiger partial charge in [-0.3, -0.25) is 0 Å². The second kappa shape index (κ2) is 9.91. The summed E-state index contributed by atoms with van der Waals surface area (Å²) >= 11 is 0. The van der Waals surface area contributed by atoms with E-state index in [9.17, 15) is 4.79 Å². The van der Waals surface area contributed by atoms with Crippen LogP contribution in [0, 0.1) is 0 Å². The molecule has 0 saturated heterocycles. The van der Waals surface area contributed by atoms with Gasteiger partial charge in [0.05, 0.1) is 19.8 Å². The monoisotopic (exact) mass is 282 g/mol. The average molecular weight is 282 g/mol. The second-order valence-corrected chi connectivity index (χ2v) is 3.93. The normalized spacial score (nSPS) is 9.90. The molecule has 1 aromatic rings. The fourth-order valence-electron chi connectivity index (χ4n) is 1.46. The first-order chi connectivity index (χ1) is 9.76. The highest BCUT2D eigenvalue weighted by Crippen LogP contribution is 2.17. The molecule has 0 aliphatic rings. The number of urea groups is 1. The molecule has 0 aliphatic heterocycles. The molecule has 1 rings (SSSR count). The van der Waals surface area contributed by atoms with Crippen molar-refractivity contribution in [1.29, 1.82) is 0 Å². The Hall–Kier alpha value is -1.95. The van der Waals surface area contributed by atoms with Crippen molar-refractivity contribution in [2.24, 2.45) is 0 Å². The van der Waals surface area contributed by atoms with Crippen molar-refractivity contribution in [3.05, 3.63) is 24.3 Å². The van der Waals surface area contributed by atoms with Gasteiger partial charge in [-0.1, -0.05) is 0 Å². The van der Waals surface area contributed by atoms with Crippen LogP contribution in [0.3, 0.4) is 0 Å². The molecule has 112 valence electrons. The molecule has 2 N–H and O–H groups in total. The number of benzene rings is 1. The van der Waals surface area contributed by atoms with Gasteiger partial charge in [0.25, 0.3) is 0 Å². The van der Waals surface area contributed by atoms with Crippen molar-refractivity contribution in [3.63, 3.8) is 0 Å². The first-order valence-corrected chi connectivity index (χ1v) is 6.62. The SMILES string of the molecule is CCOc1ccc(OCCNC(=O)NCCOC)cc1. The highest BCUT2D eigenvalue weighted by Gasteiger charge is 1.99. The number of methoxy groups -OCH3 is 1. The fourth-order valence-corrected chi connectivity index (χ4v) is 1.46. The van der Waals surface area contributed by atoms with Crippen LogP contribution >= 0.6 is 0 Å². The van der Waals surface area contributed by atoms with Crippen LogP contribution in [0.5, 0.6) is 11.5 Å². The number of amides is 2. The Kier molecular flexibility index (Phi) is 7.98. The molecule has 6 nitrogen and oxygen atoms in total. The smallest absolute Gasteiger partial charge is 0.314 e. The van der Waals surface area contributed by atoms with E-state index >= 15 is 0 Å². The topological polar surface area (TPSA) is 68.8 Å². The third-order valence-electron chi connectivity index (χ3n) is 2.38. The van der Waals surface area contributed by atoms with Gasteiger partial charge in [0, 0.05) is 13.7 Å². The lowest BCUT2D eigenvalue weighted by atomic mass is 10.3. The van der Waals surface area contributed by atoms with E-state index in [4.69, 9.17) is 14.2 Å². The Morgan fingerprint density at radius 3 is 2.10 bits per heavy atom. The molecule has 0 heterocycles. The zero-order valence-electron chi connectivity index (χ0n) is 12.0. The van der Waals surface area contributed by atoms with Crippen molar-refractivity contribution in [2.45, 2.75) is 6.92 Å². The molecule has 6 heteroatoms. The lowest BCUT2D eigenvalue weighted by Crippen LogP contribution is -2.39. The molecule has 0 unspecified atom stereocenters. The molecular weight excluding hydrogens is 260 g/mol. The van der Waals surface area contributed by atoms with Crippen molar-refractivity contribution >= 4 is 6.03 Å². The quantitative estimate of drug-likeness (QED) is 0.672. The van der Waals surface area contributed by atoms with Crippen molar-refractivity contribution < 1.29 is 19.0 Å². The minimum Gasteiger partial charge on any atom is -0.494 e. The predicted molar refractivity (Wildman–Crippen MR) is 76.4 cm³/mol. The Morgan fingerprint density at radius 1 is 1.00 bits per heavy atom. The molecular formula is C14H22N2O4. The van der Waals surface area contributed by atoms with Crippen LogP contribution in [0.15, 0.2) is 24.3 Å². The summed E-state index contributed by atoms with van der Waals surface area (Å²) < 4.78 is 15.7. The van der Waals surface area contributed by atoms with Crippen LogP contribution in [-0.2, 0) is 4.74 Å². The van der Waals surface area contributed by atoms with Crippen LogP contribution < -0.4 is 20.1 Å². The van der Waals surface area contributed by atoms with Gasteiger partial charge in [0.2, 0.25) is 0 Å². The summed E-state index contributed by atoms with van der Waals surface area (Å²) in [5.41, 5.74) is 0. The van der Waals surface area contributed by atoms with Gasteiger partial charge in [0.15, 0.2) is 0 Å². The van der Waals surface area contributed by atoms with Crippen molar-refractivity contribution in [2.75, 3.05) is 40.0 Å². The van der Waals surface area contributed by atoms with Crippen LogP contribution in [0.1, 0.15) is 6.92 Å². The van der Waals surface area contributed by atoms with Crippen LogP contribution in [0.4, 0.5) is 4.79 Å². The maximum absolute atomic E-state index is 11.3. The molecule has 0 saturated carbocycles. The minimum atomic E-state index is -0.225. The fraction of sp³-hybridized carbons (Fsp3) is 0.500. The summed E-state index contributed by atoms with van der Waals surface area (Å²) in [6.07, 6.45) is 0. The maximum Gasteiger partial charge on any atom is 0.314 e. The largest absolute Gasteiger partial charge is 0.494 e. The summed E-state index contributed by atoms with van der Waals surface area (Å²) in [7, 11) is 1.59. The summed E-state index contributed by atoms with van der Waals surface area (Å²) in [6, 6.07) is 7.15. The summed E-state index contributed by atoms with van der Waals surface area (Å²) in [5, 5.41) is 5.34. The number of hydrogen-bond acceptors (Lipinski definition) is 4. The molecule has 0 aliphatic carbocycles. The van der Waals surface area contributed by atoms with Gasteiger partial charge in [-0.25, -0.2) is 4.79 Å². The number of ether oxygens (including phenoxy) is 3. The Morgan fingerprint density at radius 2 is 1.55 bits per heavy atom. The maximum atomic E-state index is 11.3. The molecule has 0 radical (unpaired) electrons. The number of nitrogens with one attached hydrogen (secondary N) is 2. The zero-order valence-corrected chi connectivity index (χ0v) is 12.0. The summed E-state index contributed by atoms with van der Waals surface area (Å²) in [6.45, 7) is 4.41. The van der Waals surface area contributed by atoms with E-state index < -0.39 is 0 Å². The minimum absolute atomic E-state index is 0.225. The zero-order chi connectivity index (χ0) is 14.6. The van der Waals surface area contributed by atoms with Gasteiger partial charge in [-0.05, 0) is 31.2 Å². The number of rotatable bonds is 9. The highest BCUT2D eigenvalue weighted by atomic mass is 16.5. The van der Waals surface area contributed by atoms with E-state index in [1.165, 1.54) is 0 Å². The first kappa shape index (κ1) is 16.1. The highest BCUT2D eigenvalue weighted by molar-refractivity contribution is 5.73. The summed E-state index contributed by atoms with van der Waals surface area (Å²) in [4.78, 5) is 11.3. The number of carbonyl (C=O) groups excluding carboxylic acids is 1. The van der Waals surface area contributed by atoms with E-state index in [1.807, 2.05) is 31.2 Å². The molecule has 1 aromatic carbocycles. The Bertz CT molecular complexity index is 381. The number of carbonyl (C=O) groups is 1. The molecule has 2 amide bonds. The van der Waals surface area contributed by atoms with Crippen LogP contribution in [-0.4, -0.2) is 46.1 Å². The third kappa shape index (κ3) is 6.84. The summed E-state index contributed by atoms with van der Waals surface area (Å²) in [5.74, 6) is 1.56. The van der Waals surface area contributed by atoms with Crippen molar-refractivity contribution in [1.82, 2.24) is 10.6 Å². The molecule has 20 heavy (non-hydrogen) atoms. The Labute approximate surface area is 119 Å². The average Bonchev–Trinajstić information content (AvgIpc) is 2.46. The molecule has 0 atom stereocenters. The van der Waals surface area contributed by atoms with Gasteiger partial charge < -0.3 is 24.8 Å². The number of hydrogen-bond donors (Lipinski definition) is 2. The lowest BCUT2D eigenvalue weighted by molar-refractivity contribution is 0.195. The standard InChI is InChI=1S/C14H22N2O4/c1-3-19-12-4-6-13(7-5-12)20-11-9-16-14(17)15-8-10-18-2/h4-7H,3,8-11H2,1-2H3,(H2,15,16,17). The second-order valence-electron chi connectivity index (χ2n) is 3.93. The lowest BCUT2D eigenvalue weighted by Gasteiger charge is -2.09.